The van der Waals surface area contributed by atoms with Gasteiger partial charge >= 0.3 is 0 Å². The predicted molar refractivity (Wildman–Crippen MR) is 117 cm³/mol. The van der Waals surface area contributed by atoms with Crippen LogP contribution in [0.15, 0.2) is 81.3 Å². The molecule has 0 radical (unpaired) electrons. The molecule has 136 valence electrons. The number of hydrazone groups is 1. The number of nitrogens with one attached hydrogen (secondary N) is 1. The van der Waals surface area contributed by atoms with E-state index in [1.165, 1.54) is 0 Å². The molecule has 3 aromatic rings. The van der Waals surface area contributed by atoms with E-state index in [2.05, 4.69) is 49.0 Å². The van der Waals surface area contributed by atoms with Crippen LogP contribution in [0.5, 0.6) is 5.75 Å². The third-order valence-corrected chi connectivity index (χ3v) is 4.94. The van der Waals surface area contributed by atoms with Gasteiger partial charge in [0.1, 0.15) is 12.4 Å². The molecule has 0 saturated heterocycles. The highest BCUT2D eigenvalue weighted by atomic mass is 79.9. The van der Waals surface area contributed by atoms with E-state index < -0.39 is 0 Å². The molecule has 0 aliphatic carbocycles. The topological polar surface area (TPSA) is 50.7 Å². The SMILES string of the molecule is C=CCOc1c(Br)cc(/C=N/NC(=O)c2ccc3ccccc3c2)cc1Br. The van der Waals surface area contributed by atoms with Gasteiger partial charge in [-0.15, -0.1) is 0 Å². The number of hydrogen-bond acceptors (Lipinski definition) is 3. The van der Waals surface area contributed by atoms with Crippen molar-refractivity contribution in [3.05, 3.63) is 87.3 Å². The summed E-state index contributed by atoms with van der Waals surface area (Å²) in [7, 11) is 0. The zero-order valence-corrected chi connectivity index (χ0v) is 17.5. The van der Waals surface area contributed by atoms with Crippen LogP contribution >= 0.6 is 31.9 Å². The van der Waals surface area contributed by atoms with Crippen LogP contribution in [0.2, 0.25) is 0 Å². The molecule has 6 heteroatoms. The molecule has 0 saturated carbocycles. The van der Waals surface area contributed by atoms with Crippen molar-refractivity contribution in [2.24, 2.45) is 5.10 Å². The largest absolute Gasteiger partial charge is 0.487 e. The Morgan fingerprint density at radius 2 is 1.78 bits per heavy atom. The van der Waals surface area contributed by atoms with E-state index in [-0.39, 0.29) is 5.91 Å². The molecule has 0 spiro atoms. The highest BCUT2D eigenvalue weighted by molar-refractivity contribution is 9.11. The Labute approximate surface area is 174 Å². The second-order valence-electron chi connectivity index (χ2n) is 5.67. The number of carbonyl (C=O) groups excluding carboxylic acids is 1. The summed E-state index contributed by atoms with van der Waals surface area (Å²) in [6, 6.07) is 17.2. The van der Waals surface area contributed by atoms with Gasteiger partial charge in [-0.1, -0.05) is 43.0 Å². The number of carbonyl (C=O) groups is 1. The van der Waals surface area contributed by atoms with Crippen LogP contribution in [-0.4, -0.2) is 18.7 Å². The lowest BCUT2D eigenvalue weighted by Crippen LogP contribution is -2.17. The summed E-state index contributed by atoms with van der Waals surface area (Å²) < 4.78 is 7.14. The molecular formula is C21H16Br2N2O2. The molecule has 0 bridgehead atoms. The van der Waals surface area contributed by atoms with Gasteiger partial charge in [0.05, 0.1) is 15.2 Å². The van der Waals surface area contributed by atoms with Crippen LogP contribution in [0.4, 0.5) is 0 Å². The Hall–Kier alpha value is -2.44. The molecule has 0 atom stereocenters. The second-order valence-corrected chi connectivity index (χ2v) is 7.38. The van der Waals surface area contributed by atoms with Gasteiger partial charge in [-0.3, -0.25) is 4.79 Å². The van der Waals surface area contributed by atoms with Crippen LogP contribution in [0.3, 0.4) is 0 Å². The van der Waals surface area contributed by atoms with Gasteiger partial charge in [0, 0.05) is 5.56 Å². The van der Waals surface area contributed by atoms with Crippen LogP contribution in [0.25, 0.3) is 10.8 Å². The standard InChI is InChI=1S/C21H16Br2N2O2/c1-2-9-27-20-18(22)10-14(11-19(20)23)13-24-25-21(26)17-8-7-15-5-3-4-6-16(15)12-17/h2-8,10-13H,1,9H2,(H,25,26)/b24-13+. The summed E-state index contributed by atoms with van der Waals surface area (Å²) in [6.45, 7) is 4.04. The highest BCUT2D eigenvalue weighted by Gasteiger charge is 2.08. The van der Waals surface area contributed by atoms with Crippen molar-refractivity contribution in [2.75, 3.05) is 6.61 Å². The van der Waals surface area contributed by atoms with Gasteiger partial charge in [0.15, 0.2) is 0 Å². The number of hydrogen-bond donors (Lipinski definition) is 1. The summed E-state index contributed by atoms with van der Waals surface area (Å²) in [4.78, 5) is 12.3. The summed E-state index contributed by atoms with van der Waals surface area (Å²) in [5, 5.41) is 6.15. The molecule has 0 aliphatic rings. The molecule has 27 heavy (non-hydrogen) atoms. The van der Waals surface area contributed by atoms with Crippen molar-refractivity contribution in [3.63, 3.8) is 0 Å². The van der Waals surface area contributed by atoms with Gasteiger partial charge in [0.25, 0.3) is 5.91 Å². The maximum absolute atomic E-state index is 12.3. The third-order valence-electron chi connectivity index (χ3n) is 3.76. The molecule has 1 amide bonds. The van der Waals surface area contributed by atoms with Crippen molar-refractivity contribution >= 4 is 54.8 Å². The van der Waals surface area contributed by atoms with Gasteiger partial charge < -0.3 is 4.74 Å². The Bertz CT molecular complexity index is 1010. The van der Waals surface area contributed by atoms with Crippen molar-refractivity contribution in [2.45, 2.75) is 0 Å². The second kappa shape index (κ2) is 8.97. The zero-order chi connectivity index (χ0) is 19.2. The maximum Gasteiger partial charge on any atom is 0.271 e. The number of benzene rings is 3. The summed E-state index contributed by atoms with van der Waals surface area (Å²) in [6.07, 6.45) is 3.25. The van der Waals surface area contributed by atoms with E-state index in [0.717, 1.165) is 25.3 Å². The molecule has 0 aromatic heterocycles. The molecule has 1 N–H and O–H groups in total. The quantitative estimate of drug-likeness (QED) is 0.275. The first-order chi connectivity index (χ1) is 13.1. The Morgan fingerprint density at radius 1 is 1.07 bits per heavy atom. The average molecular weight is 488 g/mol. The summed E-state index contributed by atoms with van der Waals surface area (Å²) >= 11 is 6.94. The molecule has 0 unspecified atom stereocenters. The number of fused-ring (bicyclic) bond motifs is 1. The molecule has 0 fully saturated rings. The minimum absolute atomic E-state index is 0.263. The van der Waals surface area contributed by atoms with Crippen LogP contribution in [0.1, 0.15) is 15.9 Å². The lowest BCUT2D eigenvalue weighted by molar-refractivity contribution is 0.0955. The molecule has 4 nitrogen and oxygen atoms in total. The number of rotatable bonds is 6. The lowest BCUT2D eigenvalue weighted by Gasteiger charge is -2.09. The van der Waals surface area contributed by atoms with Crippen molar-refractivity contribution in [1.82, 2.24) is 5.43 Å². The van der Waals surface area contributed by atoms with E-state index in [0.29, 0.717) is 17.9 Å². The maximum atomic E-state index is 12.3. The third kappa shape index (κ3) is 4.84. The first-order valence-corrected chi connectivity index (χ1v) is 9.72. The van der Waals surface area contributed by atoms with Crippen molar-refractivity contribution in [1.29, 1.82) is 0 Å². The fourth-order valence-electron chi connectivity index (χ4n) is 2.49. The first kappa shape index (κ1) is 19.3. The zero-order valence-electron chi connectivity index (χ0n) is 14.3. The van der Waals surface area contributed by atoms with E-state index in [4.69, 9.17) is 4.74 Å². The van der Waals surface area contributed by atoms with Crippen LogP contribution < -0.4 is 10.2 Å². The molecule has 3 rings (SSSR count). The van der Waals surface area contributed by atoms with Crippen LogP contribution in [-0.2, 0) is 0 Å². The molecular weight excluding hydrogens is 472 g/mol. The van der Waals surface area contributed by atoms with Crippen molar-refractivity contribution in [3.8, 4) is 5.75 Å². The van der Waals surface area contributed by atoms with E-state index in [1.807, 2.05) is 48.5 Å². The van der Waals surface area contributed by atoms with Crippen molar-refractivity contribution < 1.29 is 9.53 Å². The van der Waals surface area contributed by atoms with Gasteiger partial charge in [-0.2, -0.15) is 5.10 Å². The molecule has 0 aliphatic heterocycles. The molecule has 0 heterocycles. The normalized spacial score (nSPS) is 10.9. The van der Waals surface area contributed by atoms with E-state index >= 15 is 0 Å². The van der Waals surface area contributed by atoms with Gasteiger partial charge in [-0.25, -0.2) is 5.43 Å². The fourth-order valence-corrected chi connectivity index (χ4v) is 3.95. The number of nitrogens with zero attached hydrogens (tertiary/aromatic N) is 1. The average Bonchev–Trinajstić information content (AvgIpc) is 2.67. The predicted octanol–water partition coefficient (Wildman–Crippen LogP) is 5.69. The fraction of sp³-hybridized carbons (Fsp3) is 0.0476. The monoisotopic (exact) mass is 486 g/mol. The smallest absolute Gasteiger partial charge is 0.271 e. The summed E-state index contributed by atoms with van der Waals surface area (Å²) in [5.41, 5.74) is 3.92. The lowest BCUT2D eigenvalue weighted by atomic mass is 10.1. The minimum Gasteiger partial charge on any atom is -0.487 e. The Kier molecular flexibility index (Phi) is 6.42. The minimum atomic E-state index is -0.263. The van der Waals surface area contributed by atoms with E-state index in [9.17, 15) is 4.79 Å². The Balaban J connectivity index is 1.70. The highest BCUT2D eigenvalue weighted by Crippen LogP contribution is 2.34. The number of halogens is 2. The number of amides is 1. The molecule has 3 aromatic carbocycles. The van der Waals surface area contributed by atoms with Gasteiger partial charge in [-0.05, 0) is 72.5 Å². The first-order valence-electron chi connectivity index (χ1n) is 8.13. The number of ether oxygens (including phenoxy) is 1. The van der Waals surface area contributed by atoms with Gasteiger partial charge in [0.2, 0.25) is 0 Å². The Morgan fingerprint density at radius 3 is 2.48 bits per heavy atom. The van der Waals surface area contributed by atoms with E-state index in [1.54, 1.807) is 18.4 Å². The summed E-state index contributed by atoms with van der Waals surface area (Å²) in [5.74, 6) is 0.424. The van der Waals surface area contributed by atoms with Crippen LogP contribution in [0, 0.1) is 0 Å².